The van der Waals surface area contributed by atoms with Crippen LogP contribution in [0.3, 0.4) is 0 Å². The highest BCUT2D eigenvalue weighted by atomic mass is 14.9. The van der Waals surface area contributed by atoms with Crippen molar-refractivity contribution in [1.29, 1.82) is 0 Å². The smallest absolute Gasteiger partial charge is 0.223 e. The third-order valence-corrected chi connectivity index (χ3v) is 2.98. The van der Waals surface area contributed by atoms with Crippen LogP contribution in [0.15, 0.2) is 48.7 Å². The number of aromatic nitrogens is 1. The summed E-state index contributed by atoms with van der Waals surface area (Å²) in [5.41, 5.74) is 10.5. The Morgan fingerprint density at radius 1 is 1.06 bits per heavy atom. The van der Waals surface area contributed by atoms with E-state index in [4.69, 9.17) is 5.73 Å². The van der Waals surface area contributed by atoms with Crippen LogP contribution in [0.1, 0.15) is 5.56 Å². The fourth-order valence-corrected chi connectivity index (χ4v) is 2.23. The van der Waals surface area contributed by atoms with Crippen molar-refractivity contribution in [2.45, 2.75) is 6.92 Å². The van der Waals surface area contributed by atoms with Gasteiger partial charge in [0.2, 0.25) is 11.0 Å². The molecular formula is C14H13N2+. The number of hydrogen-bond acceptors (Lipinski definition) is 1. The van der Waals surface area contributed by atoms with E-state index in [0.29, 0.717) is 0 Å². The number of hydrogen-bond donors (Lipinski definition) is 1. The van der Waals surface area contributed by atoms with Crippen molar-refractivity contribution >= 4 is 22.1 Å². The molecule has 0 spiro atoms. The van der Waals surface area contributed by atoms with Gasteiger partial charge >= 0.3 is 0 Å². The lowest BCUT2D eigenvalue weighted by Gasteiger charge is -2.02. The number of aryl methyl sites for hydroxylation is 1. The first-order valence-electron chi connectivity index (χ1n) is 5.35. The van der Waals surface area contributed by atoms with Gasteiger partial charge in [0.15, 0.2) is 6.20 Å². The second-order valence-electron chi connectivity index (χ2n) is 4.07. The summed E-state index contributed by atoms with van der Waals surface area (Å²) >= 11 is 0. The summed E-state index contributed by atoms with van der Waals surface area (Å²) in [6, 6.07) is 14.4. The highest BCUT2D eigenvalue weighted by Gasteiger charge is 2.13. The minimum atomic E-state index is 0.838. The SMILES string of the molecule is Cc1cccc2c(N)cc3cccc[n+]3c12. The predicted molar refractivity (Wildman–Crippen MR) is 66.3 cm³/mol. The van der Waals surface area contributed by atoms with E-state index >= 15 is 0 Å². The van der Waals surface area contributed by atoms with Crippen molar-refractivity contribution in [3.63, 3.8) is 0 Å². The maximum absolute atomic E-state index is 6.08. The molecule has 0 saturated heterocycles. The molecule has 0 unspecified atom stereocenters. The zero-order valence-electron chi connectivity index (χ0n) is 9.14. The van der Waals surface area contributed by atoms with Gasteiger partial charge in [-0.1, -0.05) is 12.1 Å². The summed E-state index contributed by atoms with van der Waals surface area (Å²) in [4.78, 5) is 0. The molecule has 0 radical (unpaired) electrons. The summed E-state index contributed by atoms with van der Waals surface area (Å²) in [6.07, 6.45) is 2.07. The zero-order chi connectivity index (χ0) is 11.1. The molecule has 0 saturated carbocycles. The van der Waals surface area contributed by atoms with Gasteiger partial charge in [0.05, 0.1) is 11.1 Å². The van der Waals surface area contributed by atoms with Crippen LogP contribution in [0.2, 0.25) is 0 Å². The van der Waals surface area contributed by atoms with E-state index < -0.39 is 0 Å². The largest absolute Gasteiger partial charge is 0.398 e. The molecule has 0 amide bonds. The van der Waals surface area contributed by atoms with Gasteiger partial charge in [0, 0.05) is 23.8 Å². The van der Waals surface area contributed by atoms with Gasteiger partial charge in [-0.15, -0.1) is 0 Å². The minimum Gasteiger partial charge on any atom is -0.398 e. The minimum absolute atomic E-state index is 0.838. The van der Waals surface area contributed by atoms with Crippen LogP contribution in [-0.4, -0.2) is 0 Å². The summed E-state index contributed by atoms with van der Waals surface area (Å²) in [7, 11) is 0. The molecule has 0 bridgehead atoms. The van der Waals surface area contributed by atoms with Gasteiger partial charge in [-0.2, -0.15) is 4.40 Å². The average Bonchev–Trinajstić information content (AvgIpc) is 2.30. The van der Waals surface area contributed by atoms with E-state index in [1.807, 2.05) is 24.3 Å². The van der Waals surface area contributed by atoms with E-state index in [-0.39, 0.29) is 0 Å². The number of rotatable bonds is 0. The Kier molecular flexibility index (Phi) is 1.83. The number of benzene rings is 1. The molecule has 0 aliphatic carbocycles. The molecule has 2 heterocycles. The van der Waals surface area contributed by atoms with Crippen molar-refractivity contribution < 1.29 is 4.40 Å². The quantitative estimate of drug-likeness (QED) is 0.447. The molecule has 2 nitrogen and oxygen atoms in total. The van der Waals surface area contributed by atoms with Gasteiger partial charge in [-0.05, 0) is 19.1 Å². The Labute approximate surface area is 93.9 Å². The molecule has 2 N–H and O–H groups in total. The molecule has 1 aromatic carbocycles. The topological polar surface area (TPSA) is 30.1 Å². The van der Waals surface area contributed by atoms with Crippen LogP contribution in [0, 0.1) is 6.92 Å². The predicted octanol–water partition coefficient (Wildman–Crippen LogP) is 2.47. The normalized spacial score (nSPS) is 11.1. The molecule has 16 heavy (non-hydrogen) atoms. The molecule has 0 atom stereocenters. The first-order valence-corrected chi connectivity index (χ1v) is 5.35. The molecule has 0 aliphatic rings. The van der Waals surface area contributed by atoms with Crippen LogP contribution >= 0.6 is 0 Å². The summed E-state index contributed by atoms with van der Waals surface area (Å²) in [5.74, 6) is 0. The molecule has 78 valence electrons. The molecule has 3 aromatic rings. The number of fused-ring (bicyclic) bond motifs is 3. The van der Waals surface area contributed by atoms with E-state index in [1.54, 1.807) is 0 Å². The number of pyridine rings is 2. The fourth-order valence-electron chi connectivity index (χ4n) is 2.23. The monoisotopic (exact) mass is 209 g/mol. The van der Waals surface area contributed by atoms with Crippen molar-refractivity contribution in [2.24, 2.45) is 0 Å². The van der Waals surface area contributed by atoms with Crippen LogP contribution < -0.4 is 10.1 Å². The maximum Gasteiger partial charge on any atom is 0.223 e. The fraction of sp³-hybridized carbons (Fsp3) is 0.0714. The van der Waals surface area contributed by atoms with Crippen LogP contribution in [-0.2, 0) is 0 Å². The highest BCUT2D eigenvalue weighted by molar-refractivity contribution is 5.91. The highest BCUT2D eigenvalue weighted by Crippen LogP contribution is 2.21. The molecule has 2 heteroatoms. The van der Waals surface area contributed by atoms with E-state index in [1.165, 1.54) is 11.1 Å². The lowest BCUT2D eigenvalue weighted by molar-refractivity contribution is -0.481. The number of nitrogen functional groups attached to an aromatic ring is 1. The van der Waals surface area contributed by atoms with Crippen LogP contribution in [0.5, 0.6) is 0 Å². The van der Waals surface area contributed by atoms with Gasteiger partial charge < -0.3 is 5.73 Å². The molecule has 2 aromatic heterocycles. The van der Waals surface area contributed by atoms with Crippen molar-refractivity contribution in [3.8, 4) is 0 Å². The number of nitrogens with zero attached hydrogens (tertiary/aromatic N) is 1. The first-order chi connectivity index (χ1) is 7.77. The van der Waals surface area contributed by atoms with Crippen molar-refractivity contribution in [3.05, 3.63) is 54.2 Å². The number of anilines is 1. The summed E-state index contributed by atoms with van der Waals surface area (Å²) in [5, 5.41) is 1.11. The average molecular weight is 209 g/mol. The standard InChI is InChI=1S/C14H12N2/c1-10-5-4-7-12-13(15)9-11-6-2-3-8-16(11)14(10)12/h2-9,15H,1H3/p+1. The second kappa shape index (κ2) is 3.20. The Morgan fingerprint density at radius 2 is 1.94 bits per heavy atom. The van der Waals surface area contributed by atoms with Crippen LogP contribution in [0.25, 0.3) is 16.4 Å². The second-order valence-corrected chi connectivity index (χ2v) is 4.07. The Hall–Kier alpha value is -2.09. The van der Waals surface area contributed by atoms with Crippen molar-refractivity contribution in [2.75, 3.05) is 5.73 Å². The van der Waals surface area contributed by atoms with Gasteiger partial charge in [0.25, 0.3) is 0 Å². The third-order valence-electron chi connectivity index (χ3n) is 2.98. The molecule has 3 rings (SSSR count). The third kappa shape index (κ3) is 1.16. The lowest BCUT2D eigenvalue weighted by atomic mass is 10.1. The summed E-state index contributed by atoms with van der Waals surface area (Å²) < 4.78 is 2.18. The van der Waals surface area contributed by atoms with E-state index in [2.05, 4.69) is 35.7 Å². The molecule has 0 aliphatic heterocycles. The Bertz CT molecular complexity index is 687. The number of nitrogens with two attached hydrogens (primary N) is 1. The zero-order valence-corrected chi connectivity index (χ0v) is 9.14. The van der Waals surface area contributed by atoms with Crippen molar-refractivity contribution in [1.82, 2.24) is 0 Å². The van der Waals surface area contributed by atoms with E-state index in [0.717, 1.165) is 16.6 Å². The maximum atomic E-state index is 6.08. The molecular weight excluding hydrogens is 196 g/mol. The Morgan fingerprint density at radius 3 is 2.81 bits per heavy atom. The number of para-hydroxylation sites is 1. The first kappa shape index (κ1) is 9.16. The summed E-state index contributed by atoms with van der Waals surface area (Å²) in [6.45, 7) is 2.11. The molecule has 0 fully saturated rings. The van der Waals surface area contributed by atoms with Gasteiger partial charge in [-0.3, -0.25) is 0 Å². The van der Waals surface area contributed by atoms with Gasteiger partial charge in [0.1, 0.15) is 0 Å². The lowest BCUT2D eigenvalue weighted by Crippen LogP contribution is -2.23. The van der Waals surface area contributed by atoms with Crippen LogP contribution in [0.4, 0.5) is 5.69 Å². The Balaban J connectivity index is 2.67. The van der Waals surface area contributed by atoms with E-state index in [9.17, 15) is 0 Å². The van der Waals surface area contributed by atoms with Gasteiger partial charge in [-0.25, -0.2) is 0 Å².